The molecule has 1 saturated carbocycles. The van der Waals surface area contributed by atoms with Crippen LogP contribution in [0, 0.1) is 0 Å². The van der Waals surface area contributed by atoms with Gasteiger partial charge in [-0.25, -0.2) is 14.5 Å². The first-order valence-corrected chi connectivity index (χ1v) is 10.2. The summed E-state index contributed by atoms with van der Waals surface area (Å²) in [4.78, 5) is 23.5. The van der Waals surface area contributed by atoms with Gasteiger partial charge in [-0.15, -0.1) is 0 Å². The van der Waals surface area contributed by atoms with E-state index in [1.807, 2.05) is 21.7 Å². The number of fused-ring (bicyclic) bond motifs is 1. The zero-order valence-electron chi connectivity index (χ0n) is 16.3. The van der Waals surface area contributed by atoms with Crippen LogP contribution in [0.4, 0.5) is 10.5 Å². The summed E-state index contributed by atoms with van der Waals surface area (Å²) in [6, 6.07) is 2.15. The number of nitrogens with one attached hydrogen (secondary N) is 1. The number of piperazine rings is 1. The Morgan fingerprint density at radius 2 is 2.07 bits per heavy atom. The third-order valence-electron chi connectivity index (χ3n) is 5.15. The SMILES string of the molecule is C=Cc1cnc2c(N3CCN(C(=O)N(C)C)CC3)cc(SNC3(O)CC3)cn12. The van der Waals surface area contributed by atoms with E-state index in [0.29, 0.717) is 13.1 Å². The Kier molecular flexibility index (Phi) is 4.98. The number of aromatic nitrogens is 2. The van der Waals surface area contributed by atoms with Crippen molar-refractivity contribution in [3.63, 3.8) is 0 Å². The highest BCUT2D eigenvalue weighted by Gasteiger charge is 2.40. The molecule has 8 nitrogen and oxygen atoms in total. The standard InChI is InChI=1S/C19H26N6O2S/c1-4-14-12-20-17-16(23-7-9-24(10-8-23)18(26)22(2)3)11-15(13-25(14)17)28-21-19(27)5-6-19/h4,11-13,21,27H,1,5-10H2,2-3H3. The Morgan fingerprint density at radius 1 is 1.36 bits per heavy atom. The normalized spacial score (nSPS) is 18.4. The monoisotopic (exact) mass is 402 g/mol. The molecule has 2 fully saturated rings. The van der Waals surface area contributed by atoms with Crippen LogP contribution in [-0.4, -0.2) is 76.3 Å². The van der Waals surface area contributed by atoms with E-state index in [0.717, 1.165) is 47.9 Å². The van der Waals surface area contributed by atoms with Gasteiger partial charge in [0.15, 0.2) is 5.65 Å². The van der Waals surface area contributed by atoms with Crippen LogP contribution in [-0.2, 0) is 0 Å². The molecule has 150 valence electrons. The molecule has 0 bridgehead atoms. The fourth-order valence-electron chi connectivity index (χ4n) is 3.30. The first kappa shape index (κ1) is 19.1. The van der Waals surface area contributed by atoms with Crippen molar-refractivity contribution < 1.29 is 9.90 Å². The van der Waals surface area contributed by atoms with E-state index in [1.54, 1.807) is 25.1 Å². The maximum absolute atomic E-state index is 12.2. The zero-order valence-corrected chi connectivity index (χ0v) is 17.1. The fourth-order valence-corrected chi connectivity index (χ4v) is 4.14. The second kappa shape index (κ2) is 7.31. The smallest absolute Gasteiger partial charge is 0.319 e. The summed E-state index contributed by atoms with van der Waals surface area (Å²) in [5.74, 6) is 0. The number of hydrogen-bond donors (Lipinski definition) is 2. The van der Waals surface area contributed by atoms with E-state index >= 15 is 0 Å². The summed E-state index contributed by atoms with van der Waals surface area (Å²) in [6.07, 6.45) is 7.17. The molecule has 2 amide bonds. The minimum absolute atomic E-state index is 0.0470. The van der Waals surface area contributed by atoms with Gasteiger partial charge in [0.05, 0.1) is 17.6 Å². The largest absolute Gasteiger partial charge is 0.375 e. The van der Waals surface area contributed by atoms with Crippen molar-refractivity contribution in [2.75, 3.05) is 45.2 Å². The summed E-state index contributed by atoms with van der Waals surface area (Å²) in [7, 11) is 3.56. The topological polar surface area (TPSA) is 76.4 Å². The minimum atomic E-state index is -0.742. The molecule has 0 spiro atoms. The summed E-state index contributed by atoms with van der Waals surface area (Å²) in [6.45, 7) is 6.72. The predicted octanol–water partition coefficient (Wildman–Crippen LogP) is 1.86. The molecule has 1 aliphatic heterocycles. The van der Waals surface area contributed by atoms with E-state index in [2.05, 4.69) is 27.3 Å². The Labute approximate surface area is 168 Å². The number of amides is 2. The number of anilines is 1. The van der Waals surface area contributed by atoms with Gasteiger partial charge in [-0.3, -0.25) is 4.40 Å². The molecule has 1 saturated heterocycles. The highest BCUT2D eigenvalue weighted by molar-refractivity contribution is 7.97. The molecular weight excluding hydrogens is 376 g/mol. The van der Waals surface area contributed by atoms with Crippen LogP contribution in [0.2, 0.25) is 0 Å². The number of hydrogen-bond acceptors (Lipinski definition) is 6. The first-order chi connectivity index (χ1) is 13.4. The minimum Gasteiger partial charge on any atom is -0.375 e. The van der Waals surface area contributed by atoms with Crippen molar-refractivity contribution in [1.29, 1.82) is 0 Å². The van der Waals surface area contributed by atoms with Crippen molar-refractivity contribution in [3.05, 3.63) is 30.7 Å². The Balaban J connectivity index is 1.59. The van der Waals surface area contributed by atoms with E-state index in [9.17, 15) is 9.90 Å². The Hall–Kier alpha value is -2.23. The quantitative estimate of drug-likeness (QED) is 0.587. The molecule has 9 heteroatoms. The Bertz CT molecular complexity index is 899. The van der Waals surface area contributed by atoms with E-state index < -0.39 is 5.72 Å². The van der Waals surface area contributed by atoms with Gasteiger partial charge in [0.1, 0.15) is 5.72 Å². The average molecular weight is 403 g/mol. The highest BCUT2D eigenvalue weighted by Crippen LogP contribution is 2.36. The van der Waals surface area contributed by atoms with Crippen molar-refractivity contribution in [2.45, 2.75) is 23.5 Å². The average Bonchev–Trinajstić information content (AvgIpc) is 3.30. The zero-order chi connectivity index (χ0) is 19.9. The highest BCUT2D eigenvalue weighted by atomic mass is 32.2. The lowest BCUT2D eigenvalue weighted by atomic mass is 10.2. The van der Waals surface area contributed by atoms with Gasteiger partial charge in [-0.1, -0.05) is 6.58 Å². The predicted molar refractivity (Wildman–Crippen MR) is 111 cm³/mol. The van der Waals surface area contributed by atoms with Gasteiger partial charge in [0.2, 0.25) is 0 Å². The lowest BCUT2D eigenvalue weighted by molar-refractivity contribution is 0.142. The van der Waals surface area contributed by atoms with Crippen molar-refractivity contribution in [2.24, 2.45) is 0 Å². The number of urea groups is 1. The number of rotatable bonds is 5. The van der Waals surface area contributed by atoms with Crippen LogP contribution >= 0.6 is 11.9 Å². The molecule has 0 unspecified atom stereocenters. The first-order valence-electron chi connectivity index (χ1n) is 9.41. The molecule has 2 aliphatic rings. The van der Waals surface area contributed by atoms with Gasteiger partial charge in [0.25, 0.3) is 0 Å². The van der Waals surface area contributed by atoms with Crippen LogP contribution in [0.1, 0.15) is 18.5 Å². The van der Waals surface area contributed by atoms with Crippen molar-refractivity contribution in [1.82, 2.24) is 23.9 Å². The molecule has 2 aromatic rings. The summed E-state index contributed by atoms with van der Waals surface area (Å²) < 4.78 is 5.17. The Morgan fingerprint density at radius 3 is 2.68 bits per heavy atom. The van der Waals surface area contributed by atoms with E-state index in [4.69, 9.17) is 0 Å². The second-order valence-electron chi connectivity index (χ2n) is 7.53. The number of imidazole rings is 1. The van der Waals surface area contributed by atoms with Crippen LogP contribution in [0.5, 0.6) is 0 Å². The second-order valence-corrected chi connectivity index (χ2v) is 8.41. The molecule has 0 aromatic carbocycles. The molecule has 28 heavy (non-hydrogen) atoms. The lowest BCUT2D eigenvalue weighted by Crippen LogP contribution is -2.51. The van der Waals surface area contributed by atoms with Gasteiger partial charge in [-0.05, 0) is 36.9 Å². The summed E-state index contributed by atoms with van der Waals surface area (Å²) in [5, 5.41) is 10.1. The fraction of sp³-hybridized carbons (Fsp3) is 0.474. The molecule has 0 atom stereocenters. The number of pyridine rings is 1. The molecule has 1 aliphatic carbocycles. The number of carbonyl (C=O) groups excluding carboxylic acids is 1. The van der Waals surface area contributed by atoms with Crippen LogP contribution < -0.4 is 9.62 Å². The van der Waals surface area contributed by atoms with Crippen molar-refractivity contribution >= 4 is 35.4 Å². The summed E-state index contributed by atoms with van der Waals surface area (Å²) in [5.41, 5.74) is 2.08. The van der Waals surface area contributed by atoms with Crippen LogP contribution in [0.25, 0.3) is 11.7 Å². The molecule has 2 aromatic heterocycles. The van der Waals surface area contributed by atoms with Gasteiger partial charge in [0, 0.05) is 51.4 Å². The number of aliphatic hydroxyl groups is 1. The third-order valence-corrected chi connectivity index (χ3v) is 6.10. The number of nitrogens with zero attached hydrogens (tertiary/aromatic N) is 5. The maximum atomic E-state index is 12.2. The lowest BCUT2D eigenvalue weighted by Gasteiger charge is -2.37. The number of carbonyl (C=O) groups is 1. The van der Waals surface area contributed by atoms with Crippen molar-refractivity contribution in [3.8, 4) is 0 Å². The van der Waals surface area contributed by atoms with Gasteiger partial charge < -0.3 is 19.8 Å². The van der Waals surface area contributed by atoms with Crippen LogP contribution in [0.15, 0.2) is 29.9 Å². The van der Waals surface area contributed by atoms with Crippen LogP contribution in [0.3, 0.4) is 0 Å². The molecule has 2 N–H and O–H groups in total. The van der Waals surface area contributed by atoms with E-state index in [1.165, 1.54) is 11.9 Å². The molecular formula is C19H26N6O2S. The van der Waals surface area contributed by atoms with E-state index in [-0.39, 0.29) is 6.03 Å². The van der Waals surface area contributed by atoms with Gasteiger partial charge in [-0.2, -0.15) is 0 Å². The molecule has 4 rings (SSSR count). The maximum Gasteiger partial charge on any atom is 0.319 e. The third kappa shape index (κ3) is 3.69. The molecule has 0 radical (unpaired) electrons. The molecule has 3 heterocycles. The summed E-state index contributed by atoms with van der Waals surface area (Å²) >= 11 is 1.43. The van der Waals surface area contributed by atoms with Gasteiger partial charge >= 0.3 is 6.03 Å².